The number of benzene rings is 1. The number of imidazole rings is 1. The highest BCUT2D eigenvalue weighted by Gasteiger charge is 2.24. The van der Waals surface area contributed by atoms with E-state index < -0.39 is 27.6 Å². The van der Waals surface area contributed by atoms with Gasteiger partial charge in [-0.05, 0) is 45.4 Å². The summed E-state index contributed by atoms with van der Waals surface area (Å²) in [6.45, 7) is 5.25. The Bertz CT molecular complexity index is 871. The molecular weight excluding hydrogens is 366 g/mol. The lowest BCUT2D eigenvalue weighted by molar-refractivity contribution is 0.0500. The second-order valence-corrected chi connectivity index (χ2v) is 9.60. The smallest absolute Gasteiger partial charge is 0.408 e. The Morgan fingerprint density at radius 2 is 2.08 bits per heavy atom. The van der Waals surface area contributed by atoms with Crippen molar-refractivity contribution in [3.8, 4) is 0 Å². The molecule has 2 aromatic rings. The van der Waals surface area contributed by atoms with Crippen molar-refractivity contribution in [2.75, 3.05) is 12.0 Å². The van der Waals surface area contributed by atoms with E-state index in [9.17, 15) is 13.2 Å². The van der Waals surface area contributed by atoms with E-state index >= 15 is 0 Å². The number of hydrogen-bond donors (Lipinski definition) is 2. The van der Waals surface area contributed by atoms with Crippen LogP contribution in [0, 0.1) is 0 Å². The molecule has 1 atom stereocenters. The first-order chi connectivity index (χ1) is 11.4. The van der Waals surface area contributed by atoms with Gasteiger partial charge in [0.15, 0.2) is 0 Å². The summed E-state index contributed by atoms with van der Waals surface area (Å²) in [4.78, 5) is 19.6. The lowest BCUT2D eigenvalue weighted by Crippen LogP contribution is -2.36. The van der Waals surface area contributed by atoms with Crippen LogP contribution in [0.5, 0.6) is 0 Å². The number of aromatic amines is 1. The van der Waals surface area contributed by atoms with Gasteiger partial charge in [-0.3, -0.25) is 0 Å². The van der Waals surface area contributed by atoms with Crippen LogP contribution in [0.15, 0.2) is 18.2 Å². The molecule has 1 aromatic heterocycles. The minimum Gasteiger partial charge on any atom is -0.444 e. The van der Waals surface area contributed by atoms with E-state index in [0.29, 0.717) is 16.4 Å². The van der Waals surface area contributed by atoms with E-state index in [4.69, 9.17) is 16.3 Å². The summed E-state index contributed by atoms with van der Waals surface area (Å²) in [6.07, 6.45) is 0.686. The molecule has 0 spiro atoms. The van der Waals surface area contributed by atoms with Crippen LogP contribution in [0.1, 0.15) is 39.1 Å². The normalized spacial score (nSPS) is 13.6. The molecule has 0 saturated heterocycles. The monoisotopic (exact) mass is 387 g/mol. The number of carbonyl (C=O) groups is 1. The summed E-state index contributed by atoms with van der Waals surface area (Å²) < 4.78 is 28.3. The van der Waals surface area contributed by atoms with Crippen molar-refractivity contribution in [2.45, 2.75) is 38.8 Å². The molecule has 2 N–H and O–H groups in total. The first-order valence-corrected chi connectivity index (χ1v) is 10.2. The molecule has 0 fully saturated rings. The van der Waals surface area contributed by atoms with Gasteiger partial charge < -0.3 is 15.0 Å². The predicted octanol–water partition coefficient (Wildman–Crippen LogP) is 3.22. The Morgan fingerprint density at radius 3 is 2.68 bits per heavy atom. The molecule has 0 aliphatic heterocycles. The number of rotatable bonds is 5. The second-order valence-electron chi connectivity index (χ2n) is 6.90. The lowest BCUT2D eigenvalue weighted by Gasteiger charge is -2.22. The van der Waals surface area contributed by atoms with Gasteiger partial charge >= 0.3 is 6.09 Å². The molecule has 7 nitrogen and oxygen atoms in total. The summed E-state index contributed by atoms with van der Waals surface area (Å²) >= 11 is 5.96. The average Bonchev–Trinajstić information content (AvgIpc) is 2.83. The van der Waals surface area contributed by atoms with Crippen LogP contribution in [0.2, 0.25) is 5.02 Å². The van der Waals surface area contributed by atoms with Gasteiger partial charge in [0.2, 0.25) is 0 Å². The van der Waals surface area contributed by atoms with E-state index in [-0.39, 0.29) is 12.2 Å². The number of aromatic nitrogens is 2. The highest BCUT2D eigenvalue weighted by atomic mass is 35.5. The maximum absolute atomic E-state index is 12.1. The van der Waals surface area contributed by atoms with Crippen molar-refractivity contribution < 1.29 is 17.9 Å². The molecule has 1 heterocycles. The maximum Gasteiger partial charge on any atom is 0.408 e. The molecule has 0 radical (unpaired) electrons. The van der Waals surface area contributed by atoms with Crippen molar-refractivity contribution in [2.24, 2.45) is 0 Å². The number of sulfone groups is 1. The van der Waals surface area contributed by atoms with Crippen LogP contribution in [0.4, 0.5) is 4.79 Å². The molecule has 1 amide bonds. The first kappa shape index (κ1) is 19.5. The Labute approximate surface area is 152 Å². The van der Waals surface area contributed by atoms with Crippen LogP contribution < -0.4 is 5.32 Å². The van der Waals surface area contributed by atoms with E-state index in [2.05, 4.69) is 15.3 Å². The third-order valence-electron chi connectivity index (χ3n) is 3.26. The van der Waals surface area contributed by atoms with E-state index in [1.165, 1.54) is 0 Å². The fourth-order valence-corrected chi connectivity index (χ4v) is 3.05. The average molecular weight is 388 g/mol. The van der Waals surface area contributed by atoms with Crippen molar-refractivity contribution in [1.82, 2.24) is 15.3 Å². The van der Waals surface area contributed by atoms with E-state index in [1.807, 2.05) is 0 Å². The zero-order valence-electron chi connectivity index (χ0n) is 14.6. The molecule has 0 aliphatic rings. The van der Waals surface area contributed by atoms with Crippen LogP contribution in [-0.2, 0) is 14.6 Å². The number of ether oxygens (including phenoxy) is 1. The number of fused-ring (bicyclic) bond motifs is 1. The zero-order chi connectivity index (χ0) is 18.8. The molecule has 1 unspecified atom stereocenters. The van der Waals surface area contributed by atoms with Crippen molar-refractivity contribution >= 4 is 38.6 Å². The highest BCUT2D eigenvalue weighted by molar-refractivity contribution is 7.90. The minimum atomic E-state index is -3.19. The molecule has 2 rings (SSSR count). The van der Waals surface area contributed by atoms with E-state index in [1.54, 1.807) is 39.0 Å². The van der Waals surface area contributed by atoms with Gasteiger partial charge in [-0.15, -0.1) is 0 Å². The topological polar surface area (TPSA) is 101 Å². The lowest BCUT2D eigenvalue weighted by atomic mass is 10.2. The van der Waals surface area contributed by atoms with Gasteiger partial charge in [0.05, 0.1) is 22.8 Å². The van der Waals surface area contributed by atoms with Crippen LogP contribution in [-0.4, -0.2) is 42.1 Å². The van der Waals surface area contributed by atoms with Crippen LogP contribution in [0.25, 0.3) is 11.0 Å². The molecule has 1 aromatic carbocycles. The van der Waals surface area contributed by atoms with Gasteiger partial charge in [0.25, 0.3) is 0 Å². The molecule has 0 saturated carbocycles. The summed E-state index contributed by atoms with van der Waals surface area (Å²) in [5.41, 5.74) is 0.722. The quantitative estimate of drug-likeness (QED) is 0.820. The fraction of sp³-hybridized carbons (Fsp3) is 0.500. The predicted molar refractivity (Wildman–Crippen MR) is 97.5 cm³/mol. The van der Waals surface area contributed by atoms with Crippen LogP contribution in [0.3, 0.4) is 0 Å². The Morgan fingerprint density at radius 1 is 1.40 bits per heavy atom. The Kier molecular flexibility index (Phi) is 5.63. The number of carbonyl (C=O) groups excluding carboxylic acids is 1. The van der Waals surface area contributed by atoms with Gasteiger partial charge in [0, 0.05) is 11.3 Å². The van der Waals surface area contributed by atoms with Gasteiger partial charge in [-0.2, -0.15) is 0 Å². The van der Waals surface area contributed by atoms with Gasteiger partial charge in [-0.25, -0.2) is 18.2 Å². The summed E-state index contributed by atoms with van der Waals surface area (Å²) in [5, 5.41) is 3.23. The molecule has 0 bridgehead atoms. The van der Waals surface area contributed by atoms with Crippen molar-refractivity contribution in [3.63, 3.8) is 0 Å². The van der Waals surface area contributed by atoms with Crippen LogP contribution >= 0.6 is 11.6 Å². The second kappa shape index (κ2) is 7.21. The Balaban J connectivity index is 2.27. The molecule has 9 heteroatoms. The van der Waals surface area contributed by atoms with E-state index in [0.717, 1.165) is 11.8 Å². The number of amides is 1. The fourth-order valence-electron chi connectivity index (χ4n) is 2.22. The molecule has 138 valence electrons. The number of nitrogens with zero attached hydrogens (tertiary/aromatic N) is 1. The molecule has 25 heavy (non-hydrogen) atoms. The molecule has 0 aliphatic carbocycles. The zero-order valence-corrected chi connectivity index (χ0v) is 16.2. The SMILES string of the molecule is CC(C)(C)OC(=O)NC(CCS(C)(=O)=O)c1nc2cc(Cl)ccc2[nH]1. The van der Waals surface area contributed by atoms with Gasteiger partial charge in [0.1, 0.15) is 21.3 Å². The number of hydrogen-bond acceptors (Lipinski definition) is 5. The maximum atomic E-state index is 12.1. The van der Waals surface area contributed by atoms with Crippen molar-refractivity contribution in [3.05, 3.63) is 29.0 Å². The van der Waals surface area contributed by atoms with Gasteiger partial charge in [-0.1, -0.05) is 11.6 Å². The number of alkyl carbamates (subject to hydrolysis) is 1. The first-order valence-electron chi connectivity index (χ1n) is 7.75. The Hall–Kier alpha value is -1.80. The summed E-state index contributed by atoms with van der Waals surface area (Å²) in [6, 6.07) is 4.56. The third-order valence-corrected chi connectivity index (χ3v) is 4.47. The minimum absolute atomic E-state index is 0.0920. The number of H-pyrrole nitrogens is 1. The van der Waals surface area contributed by atoms with Crippen molar-refractivity contribution in [1.29, 1.82) is 0 Å². The largest absolute Gasteiger partial charge is 0.444 e. The summed E-state index contributed by atoms with van der Waals surface area (Å²) in [7, 11) is -3.19. The highest BCUT2D eigenvalue weighted by Crippen LogP contribution is 2.22. The third kappa shape index (κ3) is 6.21. The number of nitrogens with one attached hydrogen (secondary N) is 2. The number of halogens is 1. The molecular formula is C16H22ClN3O4S. The standard InChI is InChI=1S/C16H22ClN3O4S/c1-16(2,3)24-15(21)20-12(7-8-25(4,22)23)14-18-11-6-5-10(17)9-13(11)19-14/h5-6,9,12H,7-8H2,1-4H3,(H,18,19)(H,20,21). The summed E-state index contributed by atoms with van der Waals surface area (Å²) in [5.74, 6) is 0.359.